The highest BCUT2D eigenvalue weighted by Gasteiger charge is 2.21. The molecule has 0 radical (unpaired) electrons. The van der Waals surface area contributed by atoms with E-state index in [2.05, 4.69) is 10.5 Å². The van der Waals surface area contributed by atoms with Gasteiger partial charge in [0.1, 0.15) is 11.3 Å². The summed E-state index contributed by atoms with van der Waals surface area (Å²) in [6.45, 7) is 8.96. The van der Waals surface area contributed by atoms with Gasteiger partial charge in [-0.05, 0) is 34.6 Å². The van der Waals surface area contributed by atoms with Gasteiger partial charge in [-0.2, -0.15) is 0 Å². The second-order valence-electron chi connectivity index (χ2n) is 5.20. The van der Waals surface area contributed by atoms with Crippen LogP contribution in [0.5, 0.6) is 0 Å². The van der Waals surface area contributed by atoms with Crippen molar-refractivity contribution < 1.29 is 23.6 Å². The van der Waals surface area contributed by atoms with E-state index in [1.165, 1.54) is 6.07 Å². The number of nitrogens with one attached hydrogen (secondary N) is 1. The smallest absolute Gasteiger partial charge is 0.408 e. The molecule has 0 aliphatic rings. The number of rotatable bonds is 4. The first-order chi connectivity index (χ1) is 9.23. The third kappa shape index (κ3) is 4.91. The molecule has 0 aliphatic heterocycles. The van der Waals surface area contributed by atoms with Crippen LogP contribution >= 0.6 is 0 Å². The maximum Gasteiger partial charge on any atom is 0.408 e. The molecule has 0 aliphatic carbocycles. The van der Waals surface area contributed by atoms with Crippen LogP contribution in [0.1, 0.15) is 56.9 Å². The molecule has 1 amide bonds. The van der Waals surface area contributed by atoms with Crippen LogP contribution in [0.2, 0.25) is 0 Å². The van der Waals surface area contributed by atoms with E-state index in [1.807, 2.05) is 0 Å². The van der Waals surface area contributed by atoms with Gasteiger partial charge in [0.2, 0.25) is 5.76 Å². The van der Waals surface area contributed by atoms with E-state index in [4.69, 9.17) is 14.0 Å². The lowest BCUT2D eigenvalue weighted by molar-refractivity contribution is 0.0473. The van der Waals surface area contributed by atoms with Gasteiger partial charge in [-0.25, -0.2) is 9.59 Å². The van der Waals surface area contributed by atoms with E-state index in [9.17, 15) is 9.59 Å². The molecule has 0 aromatic carbocycles. The van der Waals surface area contributed by atoms with Crippen molar-refractivity contribution in [2.75, 3.05) is 6.61 Å². The van der Waals surface area contributed by atoms with Gasteiger partial charge in [0, 0.05) is 6.07 Å². The number of hydrogen-bond donors (Lipinski definition) is 1. The Labute approximate surface area is 117 Å². The van der Waals surface area contributed by atoms with Crippen LogP contribution in [0.3, 0.4) is 0 Å². The van der Waals surface area contributed by atoms with E-state index in [1.54, 1.807) is 34.6 Å². The average molecular weight is 284 g/mol. The number of alkyl carbamates (subject to hydrolysis) is 1. The quantitative estimate of drug-likeness (QED) is 0.854. The van der Waals surface area contributed by atoms with Crippen molar-refractivity contribution in [2.24, 2.45) is 0 Å². The molecular formula is C13H20N2O5. The van der Waals surface area contributed by atoms with E-state index in [0.29, 0.717) is 5.69 Å². The first-order valence-electron chi connectivity index (χ1n) is 6.36. The Morgan fingerprint density at radius 1 is 1.45 bits per heavy atom. The van der Waals surface area contributed by atoms with E-state index in [0.717, 1.165) is 0 Å². The number of esters is 1. The van der Waals surface area contributed by atoms with Crippen molar-refractivity contribution in [1.82, 2.24) is 10.5 Å². The summed E-state index contributed by atoms with van der Waals surface area (Å²) < 4.78 is 14.8. The Morgan fingerprint density at radius 2 is 2.10 bits per heavy atom. The fourth-order valence-corrected chi connectivity index (χ4v) is 1.35. The Balaban J connectivity index is 2.62. The maximum absolute atomic E-state index is 11.6. The fourth-order valence-electron chi connectivity index (χ4n) is 1.35. The summed E-state index contributed by atoms with van der Waals surface area (Å²) in [6, 6.07) is 0.983. The van der Waals surface area contributed by atoms with Crippen molar-refractivity contribution in [3.8, 4) is 0 Å². The molecule has 0 spiro atoms. The van der Waals surface area contributed by atoms with Crippen molar-refractivity contribution >= 4 is 12.1 Å². The molecule has 0 saturated carbocycles. The molecule has 7 nitrogen and oxygen atoms in total. The van der Waals surface area contributed by atoms with E-state index < -0.39 is 23.7 Å². The Hall–Kier alpha value is -2.05. The van der Waals surface area contributed by atoms with Crippen molar-refractivity contribution in [3.05, 3.63) is 17.5 Å². The van der Waals surface area contributed by atoms with E-state index >= 15 is 0 Å². The minimum atomic E-state index is -0.587. The third-order valence-electron chi connectivity index (χ3n) is 2.18. The maximum atomic E-state index is 11.6. The fraction of sp³-hybridized carbons (Fsp3) is 0.615. The van der Waals surface area contributed by atoms with Crippen molar-refractivity contribution in [3.63, 3.8) is 0 Å². The minimum absolute atomic E-state index is 0.000288. The Bertz CT molecular complexity index is 475. The molecule has 0 fully saturated rings. The highest BCUT2D eigenvalue weighted by atomic mass is 16.6. The predicted molar refractivity (Wildman–Crippen MR) is 70.2 cm³/mol. The molecule has 0 saturated heterocycles. The summed E-state index contributed by atoms with van der Waals surface area (Å²) in [4.78, 5) is 23.0. The molecular weight excluding hydrogens is 264 g/mol. The van der Waals surface area contributed by atoms with Crippen LogP contribution in [0.4, 0.5) is 4.79 Å². The van der Waals surface area contributed by atoms with Crippen molar-refractivity contribution in [1.29, 1.82) is 0 Å². The second-order valence-corrected chi connectivity index (χ2v) is 5.20. The highest BCUT2D eigenvalue weighted by molar-refractivity contribution is 5.86. The Morgan fingerprint density at radius 3 is 2.65 bits per heavy atom. The summed E-state index contributed by atoms with van der Waals surface area (Å²) >= 11 is 0. The number of aromatic nitrogens is 1. The lowest BCUT2D eigenvalue weighted by atomic mass is 10.2. The SMILES string of the molecule is CCOC(=O)c1cc([C@@H](C)NC(=O)OC(C)(C)C)no1. The van der Waals surface area contributed by atoms with Gasteiger partial charge >= 0.3 is 12.1 Å². The monoisotopic (exact) mass is 284 g/mol. The van der Waals surface area contributed by atoms with Gasteiger partial charge in [0.25, 0.3) is 0 Å². The van der Waals surface area contributed by atoms with Crippen LogP contribution in [0, 0.1) is 0 Å². The molecule has 0 unspecified atom stereocenters. The van der Waals surface area contributed by atoms with E-state index in [-0.39, 0.29) is 12.4 Å². The zero-order chi connectivity index (χ0) is 15.3. The lowest BCUT2D eigenvalue weighted by Gasteiger charge is -2.21. The number of carbonyl (C=O) groups is 2. The lowest BCUT2D eigenvalue weighted by Crippen LogP contribution is -2.34. The van der Waals surface area contributed by atoms with Crippen molar-refractivity contribution in [2.45, 2.75) is 46.3 Å². The molecule has 7 heteroatoms. The predicted octanol–water partition coefficient (Wildman–Crippen LogP) is 2.44. The van der Waals surface area contributed by atoms with Gasteiger partial charge in [-0.1, -0.05) is 5.16 Å². The largest absolute Gasteiger partial charge is 0.460 e. The van der Waals surface area contributed by atoms with Crippen LogP contribution in [-0.2, 0) is 9.47 Å². The first-order valence-corrected chi connectivity index (χ1v) is 6.36. The van der Waals surface area contributed by atoms with Crippen LogP contribution < -0.4 is 5.32 Å². The summed E-state index contributed by atoms with van der Waals surface area (Å²) in [5.41, 5.74) is -0.164. The third-order valence-corrected chi connectivity index (χ3v) is 2.18. The van der Waals surface area contributed by atoms with Gasteiger partial charge in [0.15, 0.2) is 0 Å². The number of ether oxygens (including phenoxy) is 2. The number of carbonyl (C=O) groups excluding carboxylic acids is 2. The number of nitrogens with zero attached hydrogens (tertiary/aromatic N) is 1. The molecule has 1 atom stereocenters. The molecule has 1 rings (SSSR count). The number of hydrogen-bond acceptors (Lipinski definition) is 6. The topological polar surface area (TPSA) is 90.7 Å². The molecule has 1 aromatic rings. The Kier molecular flexibility index (Phi) is 5.12. The summed E-state index contributed by atoms with van der Waals surface area (Å²) in [6.07, 6.45) is -0.564. The molecule has 0 bridgehead atoms. The average Bonchev–Trinajstić information content (AvgIpc) is 2.75. The minimum Gasteiger partial charge on any atom is -0.460 e. The van der Waals surface area contributed by atoms with Gasteiger partial charge < -0.3 is 19.3 Å². The molecule has 1 heterocycles. The summed E-state index contributed by atoms with van der Waals surface area (Å²) in [5.74, 6) is -0.588. The highest BCUT2D eigenvalue weighted by Crippen LogP contribution is 2.15. The summed E-state index contributed by atoms with van der Waals surface area (Å²) in [7, 11) is 0. The normalized spacial score (nSPS) is 12.7. The van der Waals surface area contributed by atoms with Gasteiger partial charge in [-0.15, -0.1) is 0 Å². The molecule has 1 aromatic heterocycles. The first kappa shape index (κ1) is 16.0. The standard InChI is InChI=1S/C13H20N2O5/c1-6-18-11(16)10-7-9(15-20-10)8(2)14-12(17)19-13(3,4)5/h7-8H,6H2,1-5H3,(H,14,17)/t8-/m1/s1. The summed E-state index contributed by atoms with van der Waals surface area (Å²) in [5, 5.41) is 6.32. The molecule has 20 heavy (non-hydrogen) atoms. The second kappa shape index (κ2) is 6.40. The van der Waals surface area contributed by atoms with Crippen LogP contribution in [0.25, 0.3) is 0 Å². The van der Waals surface area contributed by atoms with Gasteiger partial charge in [0.05, 0.1) is 12.6 Å². The molecule has 112 valence electrons. The van der Waals surface area contributed by atoms with Crippen LogP contribution in [-0.4, -0.2) is 29.4 Å². The molecule has 1 N–H and O–H groups in total. The zero-order valence-corrected chi connectivity index (χ0v) is 12.4. The van der Waals surface area contributed by atoms with Gasteiger partial charge in [-0.3, -0.25) is 0 Å². The number of amides is 1. The van der Waals surface area contributed by atoms with Crippen LogP contribution in [0.15, 0.2) is 10.6 Å². The zero-order valence-electron chi connectivity index (χ0n) is 12.4.